The minimum Gasteiger partial charge on any atom is -0.370 e. The predicted molar refractivity (Wildman–Crippen MR) is 143 cm³/mol. The number of hydrogen-bond acceptors (Lipinski definition) is 4. The number of rotatable bonds is 8. The topological polar surface area (TPSA) is 74.6 Å². The highest BCUT2D eigenvalue weighted by Gasteiger charge is 2.85. The predicted octanol–water partition coefficient (Wildman–Crippen LogP) is 8.34. The SMILES string of the molecule is O=[SH](=O)C(Cl)(Cl)C(Cl)(Cl)C(Cl)(Cl)C(O)(Cl)C(Cl)(C(Cl)(Cl)Cl)C(Cl)(Cl)C(O)(Cl)C(Cl)=C(Cl)Cl. The van der Waals surface area contributed by atoms with E-state index in [-0.39, 0.29) is 0 Å². The van der Waals surface area contributed by atoms with Crippen LogP contribution in [0, 0.1) is 0 Å². The standard InChI is InChI=1S/C10H3Cl17O4S/c11-1(2(12)13)3(14,28)5(16,17)4(15,9(23,24)25)8(22,29)6(18,19)7(20,21)10(26,27)32(30)31/h28-29,32H. The third kappa shape index (κ3) is 5.57. The Balaban J connectivity index is 7.54. The van der Waals surface area contributed by atoms with E-state index in [1.54, 1.807) is 0 Å². The highest BCUT2D eigenvalue weighted by atomic mass is 35.6. The Hall–Kier alpha value is 4.54. The van der Waals surface area contributed by atoms with Gasteiger partial charge in [0.15, 0.2) is 24.2 Å². The van der Waals surface area contributed by atoms with Gasteiger partial charge in [0.25, 0.3) is 3.67 Å². The van der Waals surface area contributed by atoms with Gasteiger partial charge in [-0.2, -0.15) is 0 Å². The molecular formula is C10H3Cl17O4S. The summed E-state index contributed by atoms with van der Waals surface area (Å²) in [4.78, 5) is -3.67. The molecule has 0 rings (SSSR count). The van der Waals surface area contributed by atoms with Gasteiger partial charge in [0, 0.05) is 0 Å². The smallest absolute Gasteiger partial charge is 0.251 e. The molecule has 0 amide bonds. The molecule has 4 nitrogen and oxygen atoms in total. The van der Waals surface area contributed by atoms with Crippen molar-refractivity contribution in [2.75, 3.05) is 0 Å². The second-order valence-corrected chi connectivity index (χ2v) is 17.8. The lowest BCUT2D eigenvalue weighted by Gasteiger charge is -2.57. The molecule has 0 radical (unpaired) electrons. The van der Waals surface area contributed by atoms with Crippen molar-refractivity contribution >= 4 is 208 Å². The quantitative estimate of drug-likeness (QED) is 0.170. The first-order valence-electron chi connectivity index (χ1n) is 6.50. The van der Waals surface area contributed by atoms with Crippen molar-refractivity contribution < 1.29 is 18.6 Å². The maximum Gasteiger partial charge on any atom is 0.251 e. The van der Waals surface area contributed by atoms with Crippen LogP contribution >= 0.6 is 197 Å². The average molecular weight is 822 g/mol. The number of aliphatic hydroxyl groups is 2. The van der Waals surface area contributed by atoms with Crippen molar-refractivity contribution in [3.05, 3.63) is 9.52 Å². The van der Waals surface area contributed by atoms with Crippen molar-refractivity contribution in [3.8, 4) is 0 Å². The van der Waals surface area contributed by atoms with Gasteiger partial charge >= 0.3 is 0 Å². The van der Waals surface area contributed by atoms with Crippen LogP contribution in [0.2, 0.25) is 0 Å². The molecule has 0 bridgehead atoms. The third-order valence-electron chi connectivity index (χ3n) is 3.57. The van der Waals surface area contributed by atoms with E-state index in [1.807, 2.05) is 0 Å². The summed E-state index contributed by atoms with van der Waals surface area (Å²) in [5.74, 6) is 0. The third-order valence-corrected chi connectivity index (χ3v) is 15.0. The minimum absolute atomic E-state index is 0.938. The van der Waals surface area contributed by atoms with Gasteiger partial charge in [-0.05, 0) is 0 Å². The van der Waals surface area contributed by atoms with Crippen molar-refractivity contribution in [2.24, 2.45) is 0 Å². The van der Waals surface area contributed by atoms with Crippen LogP contribution in [0.5, 0.6) is 0 Å². The first kappa shape index (κ1) is 36.5. The fourth-order valence-corrected chi connectivity index (χ4v) is 7.96. The first-order chi connectivity index (χ1) is 13.5. The maximum atomic E-state index is 11.5. The van der Waals surface area contributed by atoms with Crippen LogP contribution in [0.25, 0.3) is 0 Å². The highest BCUT2D eigenvalue weighted by Crippen LogP contribution is 2.71. The lowest BCUT2D eigenvalue weighted by Crippen LogP contribution is -2.77. The largest absolute Gasteiger partial charge is 0.370 e. The number of hydrogen-bond donors (Lipinski definition) is 3. The monoisotopic (exact) mass is 813 g/mol. The molecule has 0 heterocycles. The van der Waals surface area contributed by atoms with Gasteiger partial charge in [-0.15, -0.1) is 11.6 Å². The molecule has 192 valence electrons. The summed E-state index contributed by atoms with van der Waals surface area (Å²) in [6.45, 7) is 0. The van der Waals surface area contributed by atoms with Gasteiger partial charge in [0.2, 0.25) is 18.2 Å². The zero-order valence-corrected chi connectivity index (χ0v) is 27.3. The zero-order chi connectivity index (χ0) is 26.7. The Morgan fingerprint density at radius 3 is 1.19 bits per heavy atom. The van der Waals surface area contributed by atoms with Crippen LogP contribution in [-0.2, 0) is 10.7 Å². The van der Waals surface area contributed by atoms with Crippen LogP contribution in [0.15, 0.2) is 9.52 Å². The van der Waals surface area contributed by atoms with Crippen molar-refractivity contribution in [3.63, 3.8) is 0 Å². The molecule has 0 aliphatic heterocycles. The van der Waals surface area contributed by atoms with Crippen molar-refractivity contribution in [1.82, 2.24) is 0 Å². The van der Waals surface area contributed by atoms with Gasteiger partial charge in [0.05, 0.1) is 5.03 Å². The molecule has 0 aromatic heterocycles. The van der Waals surface area contributed by atoms with Crippen LogP contribution < -0.4 is 0 Å². The van der Waals surface area contributed by atoms with E-state index in [0.29, 0.717) is 0 Å². The molecule has 32 heavy (non-hydrogen) atoms. The van der Waals surface area contributed by atoms with Crippen molar-refractivity contribution in [1.29, 1.82) is 0 Å². The van der Waals surface area contributed by atoms with Gasteiger partial charge in [0.1, 0.15) is 4.49 Å². The summed E-state index contributed by atoms with van der Waals surface area (Å²) in [6.07, 6.45) is 0. The molecule has 0 saturated heterocycles. The lowest BCUT2D eigenvalue weighted by atomic mass is 9.89. The molecule has 0 fully saturated rings. The molecule has 3 unspecified atom stereocenters. The van der Waals surface area contributed by atoms with Crippen LogP contribution in [0.1, 0.15) is 0 Å². The van der Waals surface area contributed by atoms with E-state index in [9.17, 15) is 18.6 Å². The average Bonchev–Trinajstić information content (AvgIpc) is 2.57. The molecule has 0 aliphatic carbocycles. The number of halogens is 17. The van der Waals surface area contributed by atoms with E-state index in [0.717, 1.165) is 0 Å². The van der Waals surface area contributed by atoms with E-state index in [1.165, 1.54) is 0 Å². The Morgan fingerprint density at radius 2 is 0.938 bits per heavy atom. The zero-order valence-electron chi connectivity index (χ0n) is 13.6. The van der Waals surface area contributed by atoms with E-state index in [4.69, 9.17) is 197 Å². The van der Waals surface area contributed by atoms with Crippen molar-refractivity contribution in [2.45, 2.75) is 35.5 Å². The second-order valence-electron chi connectivity index (χ2n) is 5.50. The normalized spacial score (nSPS) is 20.4. The summed E-state index contributed by atoms with van der Waals surface area (Å²) in [6, 6.07) is 0. The Labute approximate surface area is 268 Å². The Bertz CT molecular complexity index is 829. The Kier molecular flexibility index (Phi) is 12.8. The number of alkyl halides is 14. The van der Waals surface area contributed by atoms with Crippen LogP contribution in [0.4, 0.5) is 0 Å². The first-order valence-corrected chi connectivity index (χ1v) is 14.1. The van der Waals surface area contributed by atoms with Crippen LogP contribution in [-0.4, -0.2) is 54.1 Å². The van der Waals surface area contributed by atoms with E-state index in [2.05, 4.69) is 0 Å². The molecule has 0 aromatic carbocycles. The fourth-order valence-electron chi connectivity index (χ4n) is 1.79. The van der Waals surface area contributed by atoms with Crippen LogP contribution in [0.3, 0.4) is 0 Å². The lowest BCUT2D eigenvalue weighted by molar-refractivity contribution is 0.0227. The summed E-state index contributed by atoms with van der Waals surface area (Å²) >= 11 is 99.7. The molecule has 0 aromatic rings. The Morgan fingerprint density at radius 1 is 0.594 bits per heavy atom. The van der Waals surface area contributed by atoms with E-state index >= 15 is 0 Å². The van der Waals surface area contributed by atoms with Gasteiger partial charge < -0.3 is 10.2 Å². The van der Waals surface area contributed by atoms with Gasteiger partial charge in [-0.3, -0.25) is 0 Å². The van der Waals surface area contributed by atoms with Gasteiger partial charge in [-0.25, -0.2) is 8.42 Å². The molecule has 22 heteroatoms. The van der Waals surface area contributed by atoms with E-state index < -0.39 is 55.7 Å². The maximum absolute atomic E-state index is 11.5. The molecule has 0 spiro atoms. The minimum atomic E-state index is -4.00. The van der Waals surface area contributed by atoms with Gasteiger partial charge in [-0.1, -0.05) is 186 Å². The summed E-state index contributed by atoms with van der Waals surface area (Å²) in [5, 5.41) is 13.3. The molecular weight excluding hydrogens is 819 g/mol. The second kappa shape index (κ2) is 11.2. The summed E-state index contributed by atoms with van der Waals surface area (Å²) < 4.78 is 4.94. The molecule has 3 atom stereocenters. The fraction of sp³-hybridized carbons (Fsp3) is 0.800. The number of thiol groups is 1. The molecule has 0 aliphatic rings. The molecule has 2 N–H and O–H groups in total. The summed E-state index contributed by atoms with van der Waals surface area (Å²) in [7, 11) is -4.00. The highest BCUT2D eigenvalue weighted by molar-refractivity contribution is 7.78. The molecule has 0 saturated carbocycles. The summed E-state index contributed by atoms with van der Waals surface area (Å²) in [5.41, 5.74) is 0.